The van der Waals surface area contributed by atoms with E-state index in [1.165, 1.54) is 12.0 Å². The number of rotatable bonds is 10. The highest BCUT2D eigenvalue weighted by atomic mass is 16.5. The van der Waals surface area contributed by atoms with E-state index in [2.05, 4.69) is 49.2 Å². The van der Waals surface area contributed by atoms with Gasteiger partial charge in [-0.15, -0.1) is 0 Å². The van der Waals surface area contributed by atoms with Gasteiger partial charge in [-0.1, -0.05) is 32.9 Å². The monoisotopic (exact) mass is 264 g/mol. The second kappa shape index (κ2) is 9.82. The van der Waals surface area contributed by atoms with Gasteiger partial charge in [-0.25, -0.2) is 0 Å². The van der Waals surface area contributed by atoms with Crippen LogP contribution in [0.15, 0.2) is 24.3 Å². The van der Waals surface area contributed by atoms with Crippen LogP contribution in [0.4, 0.5) is 0 Å². The van der Waals surface area contributed by atoms with E-state index < -0.39 is 0 Å². The van der Waals surface area contributed by atoms with Gasteiger partial charge in [-0.3, -0.25) is 0 Å². The van der Waals surface area contributed by atoms with Crippen molar-refractivity contribution in [3.63, 3.8) is 0 Å². The molecule has 0 unspecified atom stereocenters. The molecule has 1 rings (SSSR count). The molecule has 0 heterocycles. The molecule has 19 heavy (non-hydrogen) atoms. The molecule has 0 saturated heterocycles. The summed E-state index contributed by atoms with van der Waals surface area (Å²) in [4.78, 5) is 2.42. The highest BCUT2D eigenvalue weighted by Gasteiger charge is 2.01. The molecule has 0 atom stereocenters. The average Bonchev–Trinajstić information content (AvgIpc) is 2.44. The molecule has 1 N–H and O–H groups in total. The van der Waals surface area contributed by atoms with Crippen molar-refractivity contribution in [1.82, 2.24) is 10.2 Å². The minimum absolute atomic E-state index is 0.762. The second-order valence-corrected chi connectivity index (χ2v) is 4.71. The van der Waals surface area contributed by atoms with Gasteiger partial charge in [0.1, 0.15) is 12.4 Å². The molecule has 0 aliphatic rings. The molecule has 0 aliphatic heterocycles. The van der Waals surface area contributed by atoms with E-state index >= 15 is 0 Å². The number of likely N-dealkylation sites (N-methyl/N-ethyl adjacent to an activating group) is 1. The summed E-state index contributed by atoms with van der Waals surface area (Å²) in [5.74, 6) is 0.975. The average molecular weight is 264 g/mol. The lowest BCUT2D eigenvalue weighted by Gasteiger charge is -2.19. The van der Waals surface area contributed by atoms with Crippen LogP contribution in [0.2, 0.25) is 0 Å². The highest BCUT2D eigenvalue weighted by Crippen LogP contribution is 2.13. The maximum Gasteiger partial charge on any atom is 0.119 e. The van der Waals surface area contributed by atoms with Crippen molar-refractivity contribution in [2.24, 2.45) is 0 Å². The molecule has 1 aromatic carbocycles. The highest BCUT2D eigenvalue weighted by molar-refractivity contribution is 5.28. The zero-order chi connectivity index (χ0) is 13.9. The van der Waals surface area contributed by atoms with Gasteiger partial charge in [0.2, 0.25) is 0 Å². The van der Waals surface area contributed by atoms with Crippen LogP contribution in [0.1, 0.15) is 32.8 Å². The van der Waals surface area contributed by atoms with Crippen molar-refractivity contribution in [3.8, 4) is 5.75 Å². The predicted octanol–water partition coefficient (Wildman–Crippen LogP) is 2.91. The van der Waals surface area contributed by atoms with Crippen molar-refractivity contribution in [3.05, 3.63) is 29.8 Å². The predicted molar refractivity (Wildman–Crippen MR) is 81.7 cm³/mol. The van der Waals surface area contributed by atoms with E-state index in [9.17, 15) is 0 Å². The molecule has 0 aliphatic carbocycles. The number of benzene rings is 1. The van der Waals surface area contributed by atoms with Crippen LogP contribution in [-0.4, -0.2) is 37.7 Å². The van der Waals surface area contributed by atoms with Crippen LogP contribution in [-0.2, 0) is 6.54 Å². The smallest absolute Gasteiger partial charge is 0.119 e. The first-order chi connectivity index (χ1) is 9.30. The quantitative estimate of drug-likeness (QED) is 0.703. The van der Waals surface area contributed by atoms with Crippen molar-refractivity contribution >= 4 is 0 Å². The molecule has 3 nitrogen and oxygen atoms in total. The van der Waals surface area contributed by atoms with Crippen LogP contribution in [0.5, 0.6) is 5.75 Å². The van der Waals surface area contributed by atoms with E-state index in [-0.39, 0.29) is 0 Å². The Morgan fingerprint density at radius 2 is 2.00 bits per heavy atom. The molecule has 0 radical (unpaired) electrons. The lowest BCUT2D eigenvalue weighted by atomic mass is 10.2. The molecule has 3 heteroatoms. The molecule has 0 bridgehead atoms. The van der Waals surface area contributed by atoms with Crippen LogP contribution >= 0.6 is 0 Å². The summed E-state index contributed by atoms with van der Waals surface area (Å²) in [6.45, 7) is 12.4. The Balaban J connectivity index is 2.35. The third-order valence-electron chi connectivity index (χ3n) is 3.14. The number of hydrogen-bond acceptors (Lipinski definition) is 3. The lowest BCUT2D eigenvalue weighted by molar-refractivity contribution is 0.216. The van der Waals surface area contributed by atoms with Crippen LogP contribution in [0.25, 0.3) is 0 Å². The van der Waals surface area contributed by atoms with E-state index in [0.717, 1.165) is 45.1 Å². The largest absolute Gasteiger partial charge is 0.492 e. The summed E-state index contributed by atoms with van der Waals surface area (Å²) in [7, 11) is 0. The van der Waals surface area contributed by atoms with Gasteiger partial charge in [-0.2, -0.15) is 0 Å². The fourth-order valence-corrected chi connectivity index (χ4v) is 2.05. The summed E-state index contributed by atoms with van der Waals surface area (Å²) in [6.07, 6.45) is 1.20. The van der Waals surface area contributed by atoms with Gasteiger partial charge in [0.15, 0.2) is 0 Å². The van der Waals surface area contributed by atoms with Crippen LogP contribution in [0.3, 0.4) is 0 Å². The summed E-state index contributed by atoms with van der Waals surface area (Å²) in [5.41, 5.74) is 1.28. The maximum absolute atomic E-state index is 5.84. The van der Waals surface area contributed by atoms with E-state index in [1.807, 2.05) is 6.07 Å². The van der Waals surface area contributed by atoms with Crippen molar-refractivity contribution in [2.45, 2.75) is 33.7 Å². The fraction of sp³-hybridized carbons (Fsp3) is 0.625. The first-order valence-corrected chi connectivity index (χ1v) is 7.44. The molecule has 0 saturated carbocycles. The van der Waals surface area contributed by atoms with Crippen molar-refractivity contribution in [1.29, 1.82) is 0 Å². The van der Waals surface area contributed by atoms with E-state index in [4.69, 9.17) is 4.74 Å². The summed E-state index contributed by atoms with van der Waals surface area (Å²) < 4.78 is 5.84. The van der Waals surface area contributed by atoms with Crippen molar-refractivity contribution < 1.29 is 4.74 Å². The van der Waals surface area contributed by atoms with Gasteiger partial charge in [-0.05, 0) is 43.8 Å². The zero-order valence-corrected chi connectivity index (χ0v) is 12.6. The van der Waals surface area contributed by atoms with Gasteiger partial charge >= 0.3 is 0 Å². The Morgan fingerprint density at radius 1 is 1.16 bits per heavy atom. The zero-order valence-electron chi connectivity index (χ0n) is 12.6. The maximum atomic E-state index is 5.84. The summed E-state index contributed by atoms with van der Waals surface area (Å²) >= 11 is 0. The summed E-state index contributed by atoms with van der Waals surface area (Å²) in [5, 5.41) is 3.33. The first kappa shape index (κ1) is 16.0. The minimum atomic E-state index is 0.762. The molecule has 1 aromatic rings. The molecule has 0 fully saturated rings. The number of nitrogens with one attached hydrogen (secondary N) is 1. The van der Waals surface area contributed by atoms with Crippen molar-refractivity contribution in [2.75, 3.05) is 32.8 Å². The van der Waals surface area contributed by atoms with Gasteiger partial charge < -0.3 is 15.0 Å². The molecular weight excluding hydrogens is 236 g/mol. The SMILES string of the molecule is CCCN(CC)CCOc1cccc(CNCC)c1. The first-order valence-electron chi connectivity index (χ1n) is 7.44. The summed E-state index contributed by atoms with van der Waals surface area (Å²) in [6, 6.07) is 8.35. The Labute approximate surface area is 118 Å². The number of ether oxygens (including phenoxy) is 1. The normalized spacial score (nSPS) is 10.9. The number of nitrogens with zero attached hydrogens (tertiary/aromatic N) is 1. The lowest BCUT2D eigenvalue weighted by Crippen LogP contribution is -2.29. The molecule has 0 spiro atoms. The molecule has 0 amide bonds. The second-order valence-electron chi connectivity index (χ2n) is 4.71. The Hall–Kier alpha value is -1.06. The molecular formula is C16H28N2O. The van der Waals surface area contributed by atoms with E-state index in [1.54, 1.807) is 0 Å². The standard InChI is InChI=1S/C16H28N2O/c1-4-10-18(6-3)11-12-19-16-9-7-8-15(13-16)14-17-5-2/h7-9,13,17H,4-6,10-12,14H2,1-3H3. The van der Waals surface area contributed by atoms with Gasteiger partial charge in [0.25, 0.3) is 0 Å². The number of hydrogen-bond donors (Lipinski definition) is 1. The molecule has 108 valence electrons. The molecule has 0 aromatic heterocycles. The Morgan fingerprint density at radius 3 is 2.68 bits per heavy atom. The van der Waals surface area contributed by atoms with Gasteiger partial charge in [0.05, 0.1) is 0 Å². The van der Waals surface area contributed by atoms with Crippen LogP contribution < -0.4 is 10.1 Å². The third-order valence-corrected chi connectivity index (χ3v) is 3.14. The topological polar surface area (TPSA) is 24.5 Å². The van der Waals surface area contributed by atoms with Gasteiger partial charge in [0, 0.05) is 13.1 Å². The Bertz CT molecular complexity index is 341. The fourth-order valence-electron chi connectivity index (χ4n) is 2.05. The van der Waals surface area contributed by atoms with Crippen LogP contribution in [0, 0.1) is 0 Å². The Kier molecular flexibility index (Phi) is 8.26. The minimum Gasteiger partial charge on any atom is -0.492 e. The van der Waals surface area contributed by atoms with E-state index in [0.29, 0.717) is 0 Å². The third kappa shape index (κ3) is 6.60.